The van der Waals surface area contributed by atoms with Gasteiger partial charge in [-0.1, -0.05) is 0 Å². The third-order valence-electron chi connectivity index (χ3n) is 1.27. The van der Waals surface area contributed by atoms with Crippen molar-refractivity contribution in [2.75, 3.05) is 30.9 Å². The first-order valence-electron chi connectivity index (χ1n) is 7.41. The Labute approximate surface area is 96.7 Å². The Bertz CT molecular complexity index is 539. The molecule has 2 rings (SSSR count). The maximum Gasteiger partial charge on any atom is 0.226 e. The minimum Gasteiger partial charge on any atom is -0.338 e. The molecule has 70 valence electrons. The van der Waals surface area contributed by atoms with Crippen molar-refractivity contribution >= 4 is 21.9 Å². The summed E-state index contributed by atoms with van der Waals surface area (Å²) in [5.41, 5.74) is 0. The summed E-state index contributed by atoms with van der Waals surface area (Å²) >= 11 is 3.04. The van der Waals surface area contributed by atoms with Crippen LogP contribution in [-0.4, -0.2) is 36.0 Å². The Balaban J connectivity index is 2.67. The molecule has 0 amide bonds. The van der Waals surface area contributed by atoms with Crippen LogP contribution in [0, 0.1) is 0 Å². The number of nitrogens with one attached hydrogen (secondary N) is 1. The van der Waals surface area contributed by atoms with Gasteiger partial charge in [-0.25, -0.2) is 9.97 Å². The number of piperazine rings is 1. The van der Waals surface area contributed by atoms with E-state index in [2.05, 4.69) is 25.9 Å². The van der Waals surface area contributed by atoms with E-state index in [1.54, 1.807) is 5.32 Å². The van der Waals surface area contributed by atoms with Crippen molar-refractivity contribution in [2.24, 2.45) is 0 Å². The summed E-state index contributed by atoms with van der Waals surface area (Å²) in [5, 5.41) is 1.73. The minimum atomic E-state index is -2.93. The Morgan fingerprint density at radius 2 is 2.31 bits per heavy atom. The Kier molecular flexibility index (Phi) is 1.07. The molecule has 4 nitrogen and oxygen atoms in total. The van der Waals surface area contributed by atoms with Gasteiger partial charge >= 0.3 is 0 Å². The monoisotopic (exact) mass is 250 g/mol. The third kappa shape index (κ3) is 2.16. The molecule has 0 radical (unpaired) electrons. The van der Waals surface area contributed by atoms with Crippen LogP contribution in [0.3, 0.4) is 0 Å². The first kappa shape index (κ1) is 3.47. The van der Waals surface area contributed by atoms with Gasteiger partial charge < -0.3 is 10.2 Å². The van der Waals surface area contributed by atoms with Crippen LogP contribution in [-0.2, 0) is 0 Å². The number of rotatable bonds is 1. The van der Waals surface area contributed by atoms with Crippen molar-refractivity contribution in [1.29, 1.82) is 0 Å². The molecule has 0 saturated carbocycles. The van der Waals surface area contributed by atoms with Crippen LogP contribution in [0.25, 0.3) is 0 Å². The van der Waals surface area contributed by atoms with Gasteiger partial charge in [-0.3, -0.25) is 0 Å². The molecular weight excluding hydrogens is 232 g/mol. The highest BCUT2D eigenvalue weighted by Gasteiger charge is 2.12. The average molecular weight is 251 g/mol. The maximum atomic E-state index is 7.88. The first-order valence-corrected chi connectivity index (χ1v) is 4.20. The summed E-state index contributed by atoms with van der Waals surface area (Å²) in [4.78, 5) is 7.82. The molecule has 0 unspecified atom stereocenters. The predicted octanol–water partition coefficient (Wildman–Crippen LogP) is 0.649. The van der Waals surface area contributed by atoms with Crippen molar-refractivity contribution in [1.82, 2.24) is 15.3 Å². The molecule has 1 aromatic rings. The van der Waals surface area contributed by atoms with Crippen LogP contribution in [0.15, 0.2) is 16.9 Å². The number of hydrogen-bond donors (Lipinski definition) is 1. The summed E-state index contributed by atoms with van der Waals surface area (Å²) in [5.74, 6) is -0.464. The lowest BCUT2D eigenvalue weighted by Crippen LogP contribution is -2.44. The Morgan fingerprint density at radius 1 is 1.54 bits per heavy atom. The van der Waals surface area contributed by atoms with Crippen LogP contribution in [0.1, 0.15) is 11.0 Å². The van der Waals surface area contributed by atoms with Crippen LogP contribution in [0.4, 0.5) is 5.95 Å². The van der Waals surface area contributed by atoms with Gasteiger partial charge in [0, 0.05) is 37.7 Å². The number of halogens is 1. The zero-order valence-corrected chi connectivity index (χ0v) is 7.96. The van der Waals surface area contributed by atoms with Gasteiger partial charge in [-0.15, -0.1) is 0 Å². The summed E-state index contributed by atoms with van der Waals surface area (Å²) in [6.07, 6.45) is 1.23. The molecule has 1 aliphatic rings. The van der Waals surface area contributed by atoms with Crippen LogP contribution in [0.5, 0.6) is 0 Å². The molecule has 5 heteroatoms. The van der Waals surface area contributed by atoms with Crippen molar-refractivity contribution < 1.29 is 11.0 Å². The second kappa shape index (κ2) is 4.02. The number of anilines is 1. The van der Waals surface area contributed by atoms with E-state index in [4.69, 9.17) is 11.0 Å². The van der Waals surface area contributed by atoms with Crippen molar-refractivity contribution in [3.8, 4) is 0 Å². The van der Waals surface area contributed by atoms with Gasteiger partial charge in [0.05, 0.1) is 5.48 Å². The average Bonchev–Trinajstić information content (AvgIpc) is 2.24. The van der Waals surface area contributed by atoms with Gasteiger partial charge in [-0.2, -0.15) is 0 Å². The molecule has 1 aromatic heterocycles. The first-order chi connectivity index (χ1) is 9.33. The predicted molar refractivity (Wildman–Crippen MR) is 54.8 cm³/mol. The number of aromatic nitrogens is 2. The lowest BCUT2D eigenvalue weighted by molar-refractivity contribution is 0.579. The summed E-state index contributed by atoms with van der Waals surface area (Å²) in [6.45, 7) is -11.6. The SMILES string of the molecule is [2H]C1([2H])NC([2H])([2H])C([2H])([2H])N(c2nccc(Br)n2)C1([2H])[2H]. The molecule has 0 bridgehead atoms. The largest absolute Gasteiger partial charge is 0.338 e. The molecular formula is C8H11BrN4. The van der Waals surface area contributed by atoms with E-state index in [0.29, 0.717) is 0 Å². The smallest absolute Gasteiger partial charge is 0.226 e. The summed E-state index contributed by atoms with van der Waals surface area (Å²) < 4.78 is 62.4. The normalized spacial score (nSPS) is 42.1. The van der Waals surface area contributed by atoms with E-state index in [-0.39, 0.29) is 9.50 Å². The summed E-state index contributed by atoms with van der Waals surface area (Å²) in [6, 6.07) is 1.43. The Hall–Kier alpha value is -0.680. The Morgan fingerprint density at radius 3 is 3.00 bits per heavy atom. The third-order valence-corrected chi connectivity index (χ3v) is 1.71. The van der Waals surface area contributed by atoms with Crippen LogP contribution >= 0.6 is 15.9 Å². The molecule has 0 aliphatic carbocycles. The topological polar surface area (TPSA) is 41.0 Å². The standard InChI is InChI=1S/C8H11BrN4/c9-7-1-2-11-8(12-7)13-5-3-10-4-6-13/h1-2,10H,3-6H2/i3D2,4D2,5D2,6D2. The van der Waals surface area contributed by atoms with Crippen molar-refractivity contribution in [2.45, 2.75) is 0 Å². The quantitative estimate of drug-likeness (QED) is 0.744. The molecule has 1 aliphatic heterocycles. The molecule has 0 atom stereocenters. The molecule has 2 heterocycles. The second-order valence-electron chi connectivity index (χ2n) is 2.11. The molecule has 0 spiro atoms. The van der Waals surface area contributed by atoms with Gasteiger partial charge in [0.2, 0.25) is 5.95 Å². The summed E-state index contributed by atoms with van der Waals surface area (Å²) in [7, 11) is 0. The molecule has 1 saturated heterocycles. The van der Waals surface area contributed by atoms with Gasteiger partial charge in [0.1, 0.15) is 4.60 Å². The van der Waals surface area contributed by atoms with E-state index in [1.807, 2.05) is 0 Å². The van der Waals surface area contributed by atoms with E-state index < -0.39 is 31.9 Å². The van der Waals surface area contributed by atoms with Gasteiger partial charge in [0.25, 0.3) is 0 Å². The fraction of sp³-hybridized carbons (Fsp3) is 0.500. The number of hydrogen-bond acceptors (Lipinski definition) is 4. The molecule has 13 heavy (non-hydrogen) atoms. The minimum absolute atomic E-state index is 0.235. The zero-order valence-electron chi connectivity index (χ0n) is 14.4. The van der Waals surface area contributed by atoms with E-state index >= 15 is 0 Å². The van der Waals surface area contributed by atoms with E-state index in [9.17, 15) is 0 Å². The van der Waals surface area contributed by atoms with Crippen LogP contribution in [0.2, 0.25) is 0 Å². The van der Waals surface area contributed by atoms with Crippen LogP contribution < -0.4 is 10.2 Å². The molecule has 0 aromatic carbocycles. The van der Waals surface area contributed by atoms with E-state index in [0.717, 1.165) is 0 Å². The fourth-order valence-electron chi connectivity index (χ4n) is 0.762. The molecule has 1 fully saturated rings. The lowest BCUT2D eigenvalue weighted by Gasteiger charge is -2.27. The second-order valence-corrected chi connectivity index (χ2v) is 2.93. The number of nitrogens with zero attached hydrogens (tertiary/aromatic N) is 3. The van der Waals surface area contributed by atoms with E-state index in [1.165, 1.54) is 12.3 Å². The van der Waals surface area contributed by atoms with Crippen molar-refractivity contribution in [3.63, 3.8) is 0 Å². The van der Waals surface area contributed by atoms with Gasteiger partial charge in [-0.05, 0) is 22.0 Å². The highest BCUT2D eigenvalue weighted by Crippen LogP contribution is 2.11. The van der Waals surface area contributed by atoms with Gasteiger partial charge in [0.15, 0.2) is 0 Å². The fourth-order valence-corrected chi connectivity index (χ4v) is 1.04. The highest BCUT2D eigenvalue weighted by molar-refractivity contribution is 9.10. The zero-order chi connectivity index (χ0) is 16.3. The highest BCUT2D eigenvalue weighted by atomic mass is 79.9. The molecule has 1 N–H and O–H groups in total. The lowest BCUT2D eigenvalue weighted by atomic mass is 10.4. The maximum absolute atomic E-state index is 7.88. The van der Waals surface area contributed by atoms with Crippen molar-refractivity contribution in [3.05, 3.63) is 16.9 Å².